The molecule has 7 nitrogen and oxygen atoms in total. The first kappa shape index (κ1) is 17.7. The van der Waals surface area contributed by atoms with E-state index >= 15 is 0 Å². The zero-order chi connectivity index (χ0) is 17.4. The molecule has 7 heteroatoms. The number of nitrogens with zero attached hydrogens (tertiary/aromatic N) is 1. The molecule has 1 amide bonds. The highest BCUT2D eigenvalue weighted by Crippen LogP contribution is 2.17. The zero-order valence-electron chi connectivity index (χ0n) is 13.9. The number of esters is 1. The topological polar surface area (TPSA) is 77.1 Å². The zero-order valence-corrected chi connectivity index (χ0v) is 13.9. The summed E-state index contributed by atoms with van der Waals surface area (Å²) >= 11 is 0. The van der Waals surface area contributed by atoms with Gasteiger partial charge in [-0.05, 0) is 38.1 Å². The molecule has 1 aliphatic rings. The summed E-state index contributed by atoms with van der Waals surface area (Å²) in [5.41, 5.74) is 1.73. The third-order valence-corrected chi connectivity index (χ3v) is 3.46. The molecule has 1 aromatic carbocycles. The number of carbonyl (C=O) groups excluding carboxylic acids is 2. The van der Waals surface area contributed by atoms with Crippen molar-refractivity contribution in [2.45, 2.75) is 13.8 Å². The van der Waals surface area contributed by atoms with Crippen LogP contribution in [-0.4, -0.2) is 44.8 Å². The van der Waals surface area contributed by atoms with Gasteiger partial charge in [0.2, 0.25) is 5.76 Å². The Morgan fingerprint density at radius 2 is 1.88 bits per heavy atom. The summed E-state index contributed by atoms with van der Waals surface area (Å²) in [6, 6.07) is 7.50. The van der Waals surface area contributed by atoms with E-state index in [0.29, 0.717) is 12.3 Å². The summed E-state index contributed by atoms with van der Waals surface area (Å²) in [5, 5.41) is 2.68. The molecule has 1 aliphatic heterocycles. The highest BCUT2D eigenvalue weighted by Gasteiger charge is 2.18. The van der Waals surface area contributed by atoms with Crippen LogP contribution in [0.25, 0.3) is 0 Å². The van der Waals surface area contributed by atoms with Crippen molar-refractivity contribution < 1.29 is 23.8 Å². The number of rotatable bonds is 7. The van der Waals surface area contributed by atoms with Gasteiger partial charge in [-0.3, -0.25) is 4.79 Å². The van der Waals surface area contributed by atoms with Crippen molar-refractivity contribution in [3.63, 3.8) is 0 Å². The number of nitrogens with one attached hydrogen (secondary N) is 1. The van der Waals surface area contributed by atoms with Crippen molar-refractivity contribution in [3.05, 3.63) is 36.3 Å². The average Bonchev–Trinajstić information content (AvgIpc) is 2.63. The number of hydrogen-bond donors (Lipinski definition) is 1. The van der Waals surface area contributed by atoms with Crippen molar-refractivity contribution in [2.75, 3.05) is 43.1 Å². The van der Waals surface area contributed by atoms with Gasteiger partial charge >= 0.3 is 5.97 Å². The first-order valence-corrected chi connectivity index (χ1v) is 7.90. The lowest BCUT2D eigenvalue weighted by Gasteiger charge is -2.21. The first-order chi connectivity index (χ1) is 11.6. The molecule has 130 valence electrons. The van der Waals surface area contributed by atoms with Crippen molar-refractivity contribution in [3.8, 4) is 0 Å². The minimum atomic E-state index is -0.721. The maximum absolute atomic E-state index is 11.8. The maximum Gasteiger partial charge on any atom is 0.377 e. The SMILES string of the molecule is CCN(CC)c1ccc(NC(=O)COC(=O)C2=COCCO2)cc1. The van der Waals surface area contributed by atoms with Crippen molar-refractivity contribution >= 4 is 23.3 Å². The minimum Gasteiger partial charge on any atom is -0.493 e. The van der Waals surface area contributed by atoms with Crippen LogP contribution in [0.5, 0.6) is 0 Å². The fourth-order valence-corrected chi connectivity index (χ4v) is 2.22. The van der Waals surface area contributed by atoms with E-state index in [1.807, 2.05) is 24.3 Å². The maximum atomic E-state index is 11.8. The fraction of sp³-hybridized carbons (Fsp3) is 0.412. The normalized spacial score (nSPS) is 13.2. The summed E-state index contributed by atoms with van der Waals surface area (Å²) in [6.45, 7) is 6.29. The van der Waals surface area contributed by atoms with Gasteiger partial charge in [0.25, 0.3) is 5.91 Å². The Bertz CT molecular complexity index is 594. The van der Waals surface area contributed by atoms with Gasteiger partial charge in [-0.2, -0.15) is 0 Å². The lowest BCUT2D eigenvalue weighted by Crippen LogP contribution is -2.24. The van der Waals surface area contributed by atoms with Crippen LogP contribution in [0.3, 0.4) is 0 Å². The number of hydrogen-bond acceptors (Lipinski definition) is 6. The third-order valence-electron chi connectivity index (χ3n) is 3.46. The van der Waals surface area contributed by atoms with Crippen LogP contribution in [0.4, 0.5) is 11.4 Å². The summed E-state index contributed by atoms with van der Waals surface area (Å²) in [5.74, 6) is -1.17. The Labute approximate surface area is 141 Å². The molecule has 24 heavy (non-hydrogen) atoms. The van der Waals surface area contributed by atoms with E-state index in [9.17, 15) is 9.59 Å². The molecular formula is C17H22N2O5. The van der Waals surface area contributed by atoms with E-state index in [2.05, 4.69) is 24.1 Å². The molecule has 0 saturated carbocycles. The summed E-state index contributed by atoms with van der Waals surface area (Å²) in [7, 11) is 0. The van der Waals surface area contributed by atoms with Crippen LogP contribution in [-0.2, 0) is 23.8 Å². The van der Waals surface area contributed by atoms with E-state index in [0.717, 1.165) is 18.8 Å². The van der Waals surface area contributed by atoms with Crippen LogP contribution in [0.1, 0.15) is 13.8 Å². The molecule has 0 saturated heterocycles. The standard InChI is InChI=1S/C17H22N2O5/c1-3-19(4-2)14-7-5-13(6-8-14)18-16(20)12-24-17(21)15-11-22-9-10-23-15/h5-8,11H,3-4,9-10,12H2,1-2H3,(H,18,20). The second-order valence-electron chi connectivity index (χ2n) is 5.04. The molecule has 1 heterocycles. The van der Waals surface area contributed by atoms with E-state index in [1.165, 1.54) is 6.26 Å². The van der Waals surface area contributed by atoms with Crippen LogP contribution in [0, 0.1) is 0 Å². The minimum absolute atomic E-state index is 0.0300. The molecule has 0 aliphatic carbocycles. The van der Waals surface area contributed by atoms with E-state index in [1.54, 1.807) is 0 Å². The van der Waals surface area contributed by atoms with Crippen molar-refractivity contribution in [2.24, 2.45) is 0 Å². The number of ether oxygens (including phenoxy) is 3. The van der Waals surface area contributed by atoms with Gasteiger partial charge < -0.3 is 24.4 Å². The van der Waals surface area contributed by atoms with Crippen LogP contribution in [0.15, 0.2) is 36.3 Å². The Morgan fingerprint density at radius 1 is 1.17 bits per heavy atom. The lowest BCUT2D eigenvalue weighted by molar-refractivity contribution is -0.148. The molecule has 0 radical (unpaired) electrons. The van der Waals surface area contributed by atoms with E-state index in [4.69, 9.17) is 14.2 Å². The number of amides is 1. The van der Waals surface area contributed by atoms with Gasteiger partial charge in [-0.15, -0.1) is 0 Å². The number of carbonyl (C=O) groups is 2. The molecule has 0 unspecified atom stereocenters. The summed E-state index contributed by atoms with van der Waals surface area (Å²) in [4.78, 5) is 25.7. The van der Waals surface area contributed by atoms with Crippen LogP contribution < -0.4 is 10.2 Å². The van der Waals surface area contributed by atoms with Gasteiger partial charge in [-0.1, -0.05) is 0 Å². The van der Waals surface area contributed by atoms with Gasteiger partial charge in [0, 0.05) is 24.5 Å². The molecule has 1 aromatic rings. The fourth-order valence-electron chi connectivity index (χ4n) is 2.22. The average molecular weight is 334 g/mol. The Morgan fingerprint density at radius 3 is 2.46 bits per heavy atom. The molecule has 2 rings (SSSR count). The van der Waals surface area contributed by atoms with Crippen LogP contribution in [0.2, 0.25) is 0 Å². The Hall–Kier alpha value is -2.70. The number of benzene rings is 1. The second kappa shape index (κ2) is 8.81. The molecule has 0 fully saturated rings. The van der Waals surface area contributed by atoms with Gasteiger partial charge in [0.15, 0.2) is 6.61 Å². The van der Waals surface area contributed by atoms with Gasteiger partial charge in [-0.25, -0.2) is 4.79 Å². The van der Waals surface area contributed by atoms with E-state index < -0.39 is 18.5 Å². The molecule has 0 atom stereocenters. The Balaban J connectivity index is 1.81. The van der Waals surface area contributed by atoms with Crippen molar-refractivity contribution in [1.29, 1.82) is 0 Å². The summed E-state index contributed by atoms with van der Waals surface area (Å²) < 4.78 is 14.9. The van der Waals surface area contributed by atoms with Gasteiger partial charge in [0.05, 0.1) is 0 Å². The van der Waals surface area contributed by atoms with Gasteiger partial charge in [0.1, 0.15) is 19.5 Å². The quantitative estimate of drug-likeness (QED) is 0.768. The smallest absolute Gasteiger partial charge is 0.377 e. The van der Waals surface area contributed by atoms with Crippen molar-refractivity contribution in [1.82, 2.24) is 0 Å². The lowest BCUT2D eigenvalue weighted by atomic mass is 10.2. The predicted octanol–water partition coefficient (Wildman–Crippen LogP) is 1.90. The van der Waals surface area contributed by atoms with E-state index in [-0.39, 0.29) is 12.4 Å². The molecule has 0 bridgehead atoms. The molecule has 0 aromatic heterocycles. The molecule has 1 N–H and O–H groups in total. The highest BCUT2D eigenvalue weighted by molar-refractivity contribution is 5.94. The third kappa shape index (κ3) is 4.91. The predicted molar refractivity (Wildman–Crippen MR) is 89.6 cm³/mol. The molecule has 0 spiro atoms. The first-order valence-electron chi connectivity index (χ1n) is 7.90. The monoisotopic (exact) mass is 334 g/mol. The molecular weight excluding hydrogens is 312 g/mol. The number of anilines is 2. The largest absolute Gasteiger partial charge is 0.493 e. The Kier molecular flexibility index (Phi) is 6.48. The summed E-state index contributed by atoms with van der Waals surface area (Å²) in [6.07, 6.45) is 1.19. The highest BCUT2D eigenvalue weighted by atomic mass is 16.6. The second-order valence-corrected chi connectivity index (χ2v) is 5.04. The van der Waals surface area contributed by atoms with Crippen LogP contribution >= 0.6 is 0 Å².